The molecule has 158 valence electrons. The molecule has 2 fully saturated rings. The number of H-pyrrole nitrogens is 1. The average molecular weight is 432 g/mol. The number of hydrogen-bond donors (Lipinski definition) is 2. The maximum absolute atomic E-state index is 13.0. The molecule has 0 unspecified atom stereocenters. The molecule has 2 N–H and O–H groups in total. The molecule has 0 aliphatic carbocycles. The summed E-state index contributed by atoms with van der Waals surface area (Å²) in [6.07, 6.45) is 4.38. The van der Waals surface area contributed by atoms with Crippen LogP contribution in [0.3, 0.4) is 0 Å². The van der Waals surface area contributed by atoms with Crippen molar-refractivity contribution in [3.8, 4) is 0 Å². The lowest BCUT2D eigenvalue weighted by Crippen LogP contribution is -2.60. The summed E-state index contributed by atoms with van der Waals surface area (Å²) < 4.78 is 1.02. The molecular weight excluding hydrogens is 406 g/mol. The first-order valence-electron chi connectivity index (χ1n) is 10.9. The number of benzene rings is 1. The van der Waals surface area contributed by atoms with Gasteiger partial charge in [0.1, 0.15) is 0 Å². The molecule has 1 aromatic carbocycles. The van der Waals surface area contributed by atoms with Crippen LogP contribution >= 0.6 is 11.3 Å². The molecule has 2 aliphatic heterocycles. The summed E-state index contributed by atoms with van der Waals surface area (Å²) in [5, 5.41) is 4.71. The van der Waals surface area contributed by atoms with E-state index < -0.39 is 0 Å². The van der Waals surface area contributed by atoms with Gasteiger partial charge < -0.3 is 15.2 Å². The first-order valence-corrected chi connectivity index (χ1v) is 11.7. The van der Waals surface area contributed by atoms with E-state index in [9.17, 15) is 4.79 Å². The fourth-order valence-corrected chi connectivity index (χ4v) is 5.82. The Balaban J connectivity index is 1.23. The number of likely N-dealkylation sites (tertiary alicyclic amines) is 2. The summed E-state index contributed by atoms with van der Waals surface area (Å²) in [5.74, 6) is 0.133. The summed E-state index contributed by atoms with van der Waals surface area (Å²) in [6, 6.07) is 12.9. The third-order valence-corrected chi connectivity index (χ3v) is 7.61. The number of amides is 1. The second kappa shape index (κ2) is 7.35. The van der Waals surface area contributed by atoms with Gasteiger partial charge >= 0.3 is 0 Å². The van der Waals surface area contributed by atoms with E-state index in [0.29, 0.717) is 6.04 Å². The zero-order valence-electron chi connectivity index (χ0n) is 17.5. The van der Waals surface area contributed by atoms with Gasteiger partial charge in [0, 0.05) is 47.6 Å². The molecule has 7 heteroatoms. The summed E-state index contributed by atoms with van der Waals surface area (Å²) >= 11 is 1.53. The zero-order chi connectivity index (χ0) is 20.9. The van der Waals surface area contributed by atoms with Crippen LogP contribution in [0.4, 0.5) is 11.4 Å². The maximum atomic E-state index is 13.0. The molecule has 0 saturated carbocycles. The van der Waals surface area contributed by atoms with Gasteiger partial charge in [-0.25, -0.2) is 0 Å². The molecular formula is C24H25N5OS. The Kier molecular flexibility index (Phi) is 4.47. The van der Waals surface area contributed by atoms with Gasteiger partial charge in [-0.15, -0.1) is 11.3 Å². The molecule has 5 heterocycles. The second-order valence-corrected chi connectivity index (χ2v) is 9.72. The van der Waals surface area contributed by atoms with Crippen LogP contribution in [0, 0.1) is 6.92 Å². The smallest absolute Gasteiger partial charge is 0.264 e. The largest absolute Gasteiger partial charge is 0.359 e. The van der Waals surface area contributed by atoms with Crippen LogP contribution in [-0.2, 0) is 0 Å². The number of aromatic amines is 1. The van der Waals surface area contributed by atoms with Crippen LogP contribution < -0.4 is 5.32 Å². The minimum atomic E-state index is 0.133. The molecule has 0 radical (unpaired) electrons. The number of carbonyl (C=O) groups is 1. The van der Waals surface area contributed by atoms with Crippen LogP contribution in [0.15, 0.2) is 42.6 Å². The number of nitrogens with one attached hydrogen (secondary N) is 2. The molecule has 0 spiro atoms. The third-order valence-electron chi connectivity index (χ3n) is 6.46. The number of pyridine rings is 1. The van der Waals surface area contributed by atoms with Crippen molar-refractivity contribution in [3.63, 3.8) is 0 Å². The van der Waals surface area contributed by atoms with Crippen molar-refractivity contribution in [3.05, 3.63) is 53.2 Å². The molecule has 0 atom stereocenters. The van der Waals surface area contributed by atoms with Crippen molar-refractivity contribution >= 4 is 49.7 Å². The zero-order valence-corrected chi connectivity index (χ0v) is 18.3. The number of hydrogen-bond acceptors (Lipinski definition) is 5. The summed E-state index contributed by atoms with van der Waals surface area (Å²) in [5.41, 5.74) is 5.16. The fourth-order valence-electron chi connectivity index (χ4n) is 4.77. The highest BCUT2D eigenvalue weighted by molar-refractivity contribution is 7.21. The topological polar surface area (TPSA) is 64.3 Å². The molecule has 31 heavy (non-hydrogen) atoms. The van der Waals surface area contributed by atoms with Crippen LogP contribution in [0.5, 0.6) is 0 Å². The van der Waals surface area contributed by atoms with Crippen molar-refractivity contribution in [2.45, 2.75) is 25.8 Å². The first kappa shape index (κ1) is 18.8. The monoisotopic (exact) mass is 431 g/mol. The van der Waals surface area contributed by atoms with Crippen molar-refractivity contribution in [2.75, 3.05) is 31.5 Å². The van der Waals surface area contributed by atoms with Crippen LogP contribution in [-0.4, -0.2) is 57.9 Å². The number of anilines is 2. The van der Waals surface area contributed by atoms with Gasteiger partial charge in [0.2, 0.25) is 0 Å². The van der Waals surface area contributed by atoms with Gasteiger partial charge in [0.05, 0.1) is 20.8 Å². The third kappa shape index (κ3) is 3.38. The molecule has 6 rings (SSSR count). The first-order chi connectivity index (χ1) is 15.1. The highest BCUT2D eigenvalue weighted by Gasteiger charge is 2.36. The van der Waals surface area contributed by atoms with Gasteiger partial charge in [0.25, 0.3) is 5.91 Å². The quantitative estimate of drug-likeness (QED) is 0.489. The van der Waals surface area contributed by atoms with Crippen molar-refractivity contribution in [1.82, 2.24) is 19.8 Å². The van der Waals surface area contributed by atoms with E-state index >= 15 is 0 Å². The minimum absolute atomic E-state index is 0.133. The molecule has 3 aromatic heterocycles. The van der Waals surface area contributed by atoms with Gasteiger partial charge in [-0.2, -0.15) is 0 Å². The molecule has 2 aliphatic rings. The standard InChI is InChI=1S/C24H25N5OS/c1-15-10-16-11-17(4-5-19(16)26-15)27-20-6-7-25-21-12-22(31-23(20)21)24(30)29-13-18(14-29)28-8-2-3-9-28/h4-7,10-12,18,26H,2-3,8-9,13-14H2,1H3,(H,25,27). The highest BCUT2D eigenvalue weighted by Crippen LogP contribution is 2.34. The number of thiophene rings is 1. The lowest BCUT2D eigenvalue weighted by Gasteiger charge is -2.43. The van der Waals surface area contributed by atoms with Crippen LogP contribution in [0.2, 0.25) is 0 Å². The number of aromatic nitrogens is 2. The minimum Gasteiger partial charge on any atom is -0.359 e. The lowest BCUT2D eigenvalue weighted by molar-refractivity contribution is 0.0339. The fraction of sp³-hybridized carbons (Fsp3) is 0.333. The normalized spacial score (nSPS) is 17.5. The van der Waals surface area contributed by atoms with E-state index in [1.807, 2.05) is 17.0 Å². The molecule has 4 aromatic rings. The average Bonchev–Trinajstić information content (AvgIpc) is 3.45. The molecule has 0 bridgehead atoms. The maximum Gasteiger partial charge on any atom is 0.264 e. The SMILES string of the molecule is Cc1cc2cc(Nc3ccnc4cc(C(=O)N5CC(N6CCCC6)C5)sc34)ccc2[nH]1. The number of fused-ring (bicyclic) bond motifs is 2. The Bertz CT molecular complexity index is 1280. The van der Waals surface area contributed by atoms with Gasteiger partial charge in [-0.1, -0.05) is 0 Å². The van der Waals surface area contributed by atoms with Crippen molar-refractivity contribution < 1.29 is 4.79 Å². The van der Waals surface area contributed by atoms with E-state index in [2.05, 4.69) is 51.4 Å². The van der Waals surface area contributed by atoms with Gasteiger partial charge in [-0.05, 0) is 69.3 Å². The Morgan fingerprint density at radius 1 is 1.16 bits per heavy atom. The lowest BCUT2D eigenvalue weighted by atomic mass is 10.1. The van der Waals surface area contributed by atoms with Gasteiger partial charge in [-0.3, -0.25) is 14.7 Å². The summed E-state index contributed by atoms with van der Waals surface area (Å²) in [4.78, 5) is 26.2. The second-order valence-electron chi connectivity index (χ2n) is 8.67. The summed E-state index contributed by atoms with van der Waals surface area (Å²) in [7, 11) is 0. The summed E-state index contributed by atoms with van der Waals surface area (Å²) in [6.45, 7) is 6.13. The molecule has 6 nitrogen and oxygen atoms in total. The van der Waals surface area contributed by atoms with Crippen LogP contribution in [0.25, 0.3) is 21.1 Å². The van der Waals surface area contributed by atoms with E-state index in [-0.39, 0.29) is 5.91 Å². The van der Waals surface area contributed by atoms with Crippen molar-refractivity contribution in [1.29, 1.82) is 0 Å². The van der Waals surface area contributed by atoms with Gasteiger partial charge in [0.15, 0.2) is 0 Å². The molecule has 1 amide bonds. The predicted octanol–water partition coefficient (Wildman–Crippen LogP) is 4.75. The Morgan fingerprint density at radius 2 is 2.00 bits per heavy atom. The Labute approximate surface area is 184 Å². The Morgan fingerprint density at radius 3 is 2.84 bits per heavy atom. The van der Waals surface area contributed by atoms with E-state index in [0.717, 1.165) is 50.8 Å². The van der Waals surface area contributed by atoms with E-state index in [4.69, 9.17) is 0 Å². The van der Waals surface area contributed by atoms with Crippen molar-refractivity contribution in [2.24, 2.45) is 0 Å². The van der Waals surface area contributed by atoms with E-state index in [1.165, 1.54) is 42.7 Å². The highest BCUT2D eigenvalue weighted by atomic mass is 32.1. The number of rotatable bonds is 4. The van der Waals surface area contributed by atoms with Crippen LogP contribution in [0.1, 0.15) is 28.2 Å². The molecule has 2 saturated heterocycles. The predicted molar refractivity (Wildman–Crippen MR) is 126 cm³/mol. The Hall–Kier alpha value is -2.90. The number of nitrogens with zero attached hydrogens (tertiary/aromatic N) is 3. The number of carbonyl (C=O) groups excluding carboxylic acids is 1. The van der Waals surface area contributed by atoms with E-state index in [1.54, 1.807) is 6.20 Å². The number of aryl methyl sites for hydroxylation is 1.